The maximum Gasteiger partial charge on any atom is 0.269 e. The minimum Gasteiger partial charge on any atom is -0.369 e. The van der Waals surface area contributed by atoms with Crippen molar-refractivity contribution in [2.45, 2.75) is 26.3 Å². The predicted octanol–water partition coefficient (Wildman–Crippen LogP) is 2.37. The summed E-state index contributed by atoms with van der Waals surface area (Å²) in [5, 5.41) is 10.6. The van der Waals surface area contributed by atoms with Crippen molar-refractivity contribution in [1.82, 2.24) is 0 Å². The van der Waals surface area contributed by atoms with Gasteiger partial charge in [-0.05, 0) is 31.9 Å². The van der Waals surface area contributed by atoms with Crippen molar-refractivity contribution in [2.75, 3.05) is 11.4 Å². The number of benzene rings is 1. The highest BCUT2D eigenvalue weighted by Gasteiger charge is 2.26. The molecular formula is C11H14N2O2. The Balaban J connectivity index is 2.41. The average molecular weight is 206 g/mol. The Morgan fingerprint density at radius 2 is 2.33 bits per heavy atom. The van der Waals surface area contributed by atoms with Crippen LogP contribution in [0, 0.1) is 10.1 Å². The molecule has 0 radical (unpaired) electrons. The van der Waals surface area contributed by atoms with Gasteiger partial charge in [0, 0.05) is 30.4 Å². The van der Waals surface area contributed by atoms with E-state index in [0.717, 1.165) is 24.2 Å². The average Bonchev–Trinajstić information content (AvgIpc) is 2.51. The van der Waals surface area contributed by atoms with E-state index in [-0.39, 0.29) is 10.6 Å². The first kappa shape index (κ1) is 9.96. The molecule has 0 saturated carbocycles. The molecule has 15 heavy (non-hydrogen) atoms. The molecule has 0 fully saturated rings. The van der Waals surface area contributed by atoms with Gasteiger partial charge in [-0.3, -0.25) is 10.1 Å². The molecule has 1 heterocycles. The van der Waals surface area contributed by atoms with Crippen molar-refractivity contribution in [3.63, 3.8) is 0 Å². The fourth-order valence-corrected chi connectivity index (χ4v) is 2.28. The lowest BCUT2D eigenvalue weighted by molar-refractivity contribution is -0.384. The summed E-state index contributed by atoms with van der Waals surface area (Å²) in [7, 11) is 0. The molecule has 0 spiro atoms. The highest BCUT2D eigenvalue weighted by molar-refractivity contribution is 5.62. The minimum atomic E-state index is -0.334. The molecule has 0 saturated heterocycles. The molecule has 0 amide bonds. The van der Waals surface area contributed by atoms with Crippen LogP contribution in [0.3, 0.4) is 0 Å². The number of rotatable bonds is 2. The lowest BCUT2D eigenvalue weighted by Gasteiger charge is -2.22. The lowest BCUT2D eigenvalue weighted by Crippen LogP contribution is -2.28. The highest BCUT2D eigenvalue weighted by Crippen LogP contribution is 2.34. The van der Waals surface area contributed by atoms with Gasteiger partial charge in [-0.25, -0.2) is 0 Å². The van der Waals surface area contributed by atoms with Crippen molar-refractivity contribution in [2.24, 2.45) is 0 Å². The first-order chi connectivity index (χ1) is 7.13. The molecule has 2 rings (SSSR count). The SMILES string of the molecule is CCN1c2ccc([N+](=O)[O-])cc2C[C@H]1C. The van der Waals surface area contributed by atoms with Gasteiger partial charge in [-0.2, -0.15) is 0 Å². The molecule has 0 unspecified atom stereocenters. The molecule has 80 valence electrons. The van der Waals surface area contributed by atoms with Crippen LogP contribution in [0.2, 0.25) is 0 Å². The summed E-state index contributed by atoms with van der Waals surface area (Å²) < 4.78 is 0. The maximum absolute atomic E-state index is 10.6. The second kappa shape index (κ2) is 3.53. The normalized spacial score (nSPS) is 19.1. The van der Waals surface area contributed by atoms with Crippen molar-refractivity contribution in [3.8, 4) is 0 Å². The minimum absolute atomic E-state index is 0.193. The zero-order valence-electron chi connectivity index (χ0n) is 8.93. The highest BCUT2D eigenvalue weighted by atomic mass is 16.6. The van der Waals surface area contributed by atoms with Gasteiger partial charge in [0.25, 0.3) is 5.69 Å². The molecule has 0 aromatic heterocycles. The number of anilines is 1. The summed E-state index contributed by atoms with van der Waals surface area (Å²) in [4.78, 5) is 12.6. The van der Waals surface area contributed by atoms with Crippen LogP contribution in [0.15, 0.2) is 18.2 Å². The van der Waals surface area contributed by atoms with Crippen LogP contribution in [-0.4, -0.2) is 17.5 Å². The Morgan fingerprint density at radius 3 is 2.93 bits per heavy atom. The predicted molar refractivity (Wildman–Crippen MR) is 59.3 cm³/mol. The van der Waals surface area contributed by atoms with Crippen LogP contribution in [0.25, 0.3) is 0 Å². The summed E-state index contributed by atoms with van der Waals surface area (Å²) in [6.45, 7) is 5.20. The number of nitro groups is 1. The molecule has 1 aromatic rings. The van der Waals surface area contributed by atoms with E-state index in [1.54, 1.807) is 12.1 Å². The van der Waals surface area contributed by atoms with E-state index in [2.05, 4.69) is 18.7 Å². The van der Waals surface area contributed by atoms with E-state index >= 15 is 0 Å². The number of nitro benzene ring substituents is 1. The van der Waals surface area contributed by atoms with Crippen LogP contribution in [0.1, 0.15) is 19.4 Å². The lowest BCUT2D eigenvalue weighted by atomic mass is 10.1. The van der Waals surface area contributed by atoms with Crippen molar-refractivity contribution >= 4 is 11.4 Å². The number of likely N-dealkylation sites (N-methyl/N-ethyl adjacent to an activating group) is 1. The van der Waals surface area contributed by atoms with Crippen LogP contribution >= 0.6 is 0 Å². The number of hydrogen-bond donors (Lipinski definition) is 0. The fourth-order valence-electron chi connectivity index (χ4n) is 2.28. The fraction of sp³-hybridized carbons (Fsp3) is 0.455. The Kier molecular flexibility index (Phi) is 2.34. The van der Waals surface area contributed by atoms with Crippen molar-refractivity contribution < 1.29 is 4.92 Å². The zero-order valence-corrected chi connectivity index (χ0v) is 8.93. The molecular weight excluding hydrogens is 192 g/mol. The Bertz CT molecular complexity index is 404. The van der Waals surface area contributed by atoms with Gasteiger partial charge in [0.15, 0.2) is 0 Å². The van der Waals surface area contributed by atoms with E-state index in [4.69, 9.17) is 0 Å². The summed E-state index contributed by atoms with van der Waals surface area (Å²) in [5.41, 5.74) is 2.44. The van der Waals surface area contributed by atoms with E-state index in [9.17, 15) is 10.1 Å². The van der Waals surface area contributed by atoms with E-state index < -0.39 is 0 Å². The number of non-ortho nitro benzene ring substituents is 1. The number of hydrogen-bond acceptors (Lipinski definition) is 3. The van der Waals surface area contributed by atoms with Gasteiger partial charge in [0.1, 0.15) is 0 Å². The van der Waals surface area contributed by atoms with Gasteiger partial charge >= 0.3 is 0 Å². The van der Waals surface area contributed by atoms with Crippen LogP contribution < -0.4 is 4.90 Å². The van der Waals surface area contributed by atoms with Gasteiger partial charge in [0.05, 0.1) is 4.92 Å². The third kappa shape index (κ3) is 1.56. The Morgan fingerprint density at radius 1 is 1.60 bits per heavy atom. The van der Waals surface area contributed by atoms with E-state index in [0.29, 0.717) is 6.04 Å². The largest absolute Gasteiger partial charge is 0.369 e. The molecule has 1 aliphatic heterocycles. The summed E-state index contributed by atoms with van der Waals surface area (Å²) in [5.74, 6) is 0. The maximum atomic E-state index is 10.6. The smallest absolute Gasteiger partial charge is 0.269 e. The summed E-state index contributed by atoms with van der Waals surface area (Å²) >= 11 is 0. The molecule has 1 aliphatic rings. The topological polar surface area (TPSA) is 46.4 Å². The van der Waals surface area contributed by atoms with Gasteiger partial charge in [0.2, 0.25) is 0 Å². The second-order valence-electron chi connectivity index (χ2n) is 3.91. The molecule has 0 aliphatic carbocycles. The molecule has 0 bridgehead atoms. The van der Waals surface area contributed by atoms with E-state index in [1.165, 1.54) is 0 Å². The van der Waals surface area contributed by atoms with Gasteiger partial charge in [-0.15, -0.1) is 0 Å². The van der Waals surface area contributed by atoms with Crippen LogP contribution in [0.4, 0.5) is 11.4 Å². The quantitative estimate of drug-likeness (QED) is 0.551. The second-order valence-corrected chi connectivity index (χ2v) is 3.91. The standard InChI is InChI=1S/C11H14N2O2/c1-3-12-8(2)6-9-7-10(13(14)15)4-5-11(9)12/h4-5,7-8H,3,6H2,1-2H3/t8-/m1/s1. The molecule has 4 nitrogen and oxygen atoms in total. The molecule has 0 N–H and O–H groups in total. The van der Waals surface area contributed by atoms with Crippen molar-refractivity contribution in [1.29, 1.82) is 0 Å². The first-order valence-corrected chi connectivity index (χ1v) is 5.17. The third-order valence-corrected chi connectivity index (χ3v) is 2.97. The Labute approximate surface area is 88.7 Å². The molecule has 4 heteroatoms. The summed E-state index contributed by atoms with van der Waals surface area (Å²) in [6, 6.07) is 5.59. The zero-order chi connectivity index (χ0) is 11.0. The van der Waals surface area contributed by atoms with Crippen LogP contribution in [-0.2, 0) is 6.42 Å². The monoisotopic (exact) mass is 206 g/mol. The third-order valence-electron chi connectivity index (χ3n) is 2.97. The van der Waals surface area contributed by atoms with Crippen molar-refractivity contribution in [3.05, 3.63) is 33.9 Å². The van der Waals surface area contributed by atoms with Gasteiger partial charge < -0.3 is 4.90 Å². The Hall–Kier alpha value is -1.58. The van der Waals surface area contributed by atoms with E-state index in [1.807, 2.05) is 6.07 Å². The van der Waals surface area contributed by atoms with Crippen LogP contribution in [0.5, 0.6) is 0 Å². The van der Waals surface area contributed by atoms with Gasteiger partial charge in [-0.1, -0.05) is 0 Å². The summed E-state index contributed by atoms with van der Waals surface area (Å²) in [6.07, 6.45) is 0.908. The first-order valence-electron chi connectivity index (χ1n) is 5.17. The number of nitrogens with zero attached hydrogens (tertiary/aromatic N) is 2. The molecule has 1 aromatic carbocycles. The number of fused-ring (bicyclic) bond motifs is 1. The molecule has 1 atom stereocenters.